The zero-order valence-electron chi connectivity index (χ0n) is 11.4. The molecule has 0 bridgehead atoms. The van der Waals surface area contributed by atoms with Crippen LogP contribution in [-0.4, -0.2) is 36.7 Å². The topological polar surface area (TPSA) is 76.4 Å². The van der Waals surface area contributed by atoms with Crippen molar-refractivity contribution in [2.45, 2.75) is 32.7 Å². The van der Waals surface area contributed by atoms with Crippen LogP contribution in [-0.2, 0) is 4.74 Å². The smallest absolute Gasteiger partial charge is 0.360 e. The zero-order chi connectivity index (χ0) is 13.7. The maximum Gasteiger partial charge on any atom is 0.360 e. The Bertz CT molecular complexity index is 413. The Kier molecular flexibility index (Phi) is 4.79. The molecule has 2 N–H and O–H groups in total. The molecule has 6 heteroatoms. The van der Waals surface area contributed by atoms with Crippen molar-refractivity contribution in [3.63, 3.8) is 0 Å². The molecule has 1 aromatic rings. The molecule has 0 aliphatic carbocycles. The molecule has 1 aliphatic heterocycles. The minimum absolute atomic E-state index is 0.207. The van der Waals surface area contributed by atoms with Crippen LogP contribution >= 0.6 is 0 Å². The molecule has 19 heavy (non-hydrogen) atoms. The summed E-state index contributed by atoms with van der Waals surface area (Å²) in [6, 6.07) is 0.627. The largest absolute Gasteiger partial charge is 0.461 e. The molecule has 0 radical (unpaired) electrons. The second-order valence-corrected chi connectivity index (χ2v) is 4.80. The summed E-state index contributed by atoms with van der Waals surface area (Å²) in [4.78, 5) is 15.6. The number of hydrogen-bond acceptors (Lipinski definition) is 6. The van der Waals surface area contributed by atoms with E-state index >= 15 is 0 Å². The van der Waals surface area contributed by atoms with E-state index in [0.29, 0.717) is 18.5 Å². The Morgan fingerprint density at radius 3 is 3.26 bits per heavy atom. The maximum atomic E-state index is 11.5. The molecule has 1 saturated heterocycles. The molecule has 0 saturated carbocycles. The normalized spacial score (nSPS) is 20.8. The maximum absolute atomic E-state index is 11.5. The Hall–Kier alpha value is -1.56. The van der Waals surface area contributed by atoms with Crippen LogP contribution in [0.25, 0.3) is 0 Å². The third-order valence-electron chi connectivity index (χ3n) is 3.38. The van der Waals surface area contributed by atoms with Gasteiger partial charge < -0.3 is 19.8 Å². The van der Waals surface area contributed by atoms with Crippen molar-refractivity contribution in [3.8, 4) is 0 Å². The van der Waals surface area contributed by atoms with Gasteiger partial charge in [0, 0.05) is 6.04 Å². The van der Waals surface area contributed by atoms with Crippen molar-refractivity contribution in [2.75, 3.05) is 25.0 Å². The van der Waals surface area contributed by atoms with Crippen molar-refractivity contribution in [3.05, 3.63) is 12.0 Å². The molecule has 0 aromatic carbocycles. The zero-order valence-corrected chi connectivity index (χ0v) is 11.4. The first kappa shape index (κ1) is 13.9. The molecule has 2 unspecified atom stereocenters. The van der Waals surface area contributed by atoms with Crippen LogP contribution in [0.15, 0.2) is 10.7 Å². The minimum atomic E-state index is -0.453. The van der Waals surface area contributed by atoms with E-state index in [0.717, 1.165) is 13.1 Å². The monoisotopic (exact) mass is 267 g/mol. The van der Waals surface area contributed by atoms with Gasteiger partial charge in [-0.05, 0) is 45.7 Å². The molecule has 1 fully saturated rings. The van der Waals surface area contributed by atoms with Gasteiger partial charge in [0.15, 0.2) is 5.69 Å². The van der Waals surface area contributed by atoms with Gasteiger partial charge in [-0.3, -0.25) is 0 Å². The Labute approximate surface area is 112 Å². The predicted octanol–water partition coefficient (Wildman–Crippen LogP) is 1.65. The van der Waals surface area contributed by atoms with Gasteiger partial charge in [-0.15, -0.1) is 0 Å². The number of rotatable bonds is 5. The van der Waals surface area contributed by atoms with Crippen molar-refractivity contribution < 1.29 is 13.9 Å². The highest BCUT2D eigenvalue weighted by molar-refractivity contribution is 5.87. The number of oxazole rings is 1. The Morgan fingerprint density at radius 2 is 2.58 bits per heavy atom. The number of anilines is 1. The molecule has 2 heterocycles. The van der Waals surface area contributed by atoms with Gasteiger partial charge in [0.05, 0.1) is 6.61 Å². The summed E-state index contributed by atoms with van der Waals surface area (Å²) in [6.07, 6.45) is 3.70. The van der Waals surface area contributed by atoms with Gasteiger partial charge in [-0.2, -0.15) is 4.98 Å². The van der Waals surface area contributed by atoms with E-state index in [1.54, 1.807) is 6.92 Å². The summed E-state index contributed by atoms with van der Waals surface area (Å²) < 4.78 is 10.1. The number of carbonyl (C=O) groups is 1. The first-order valence-electron chi connectivity index (χ1n) is 6.80. The van der Waals surface area contributed by atoms with Crippen LogP contribution in [0.4, 0.5) is 6.01 Å². The summed E-state index contributed by atoms with van der Waals surface area (Å²) in [6.45, 7) is 6.29. The molecule has 2 rings (SSSR count). The first-order chi connectivity index (χ1) is 9.20. The highest BCUT2D eigenvalue weighted by Gasteiger charge is 2.21. The lowest BCUT2D eigenvalue weighted by molar-refractivity contribution is 0.0519. The van der Waals surface area contributed by atoms with Crippen LogP contribution in [0.5, 0.6) is 0 Å². The Morgan fingerprint density at radius 1 is 1.74 bits per heavy atom. The summed E-state index contributed by atoms with van der Waals surface area (Å²) in [5, 5.41) is 6.58. The highest BCUT2D eigenvalue weighted by atomic mass is 16.5. The number of piperidine rings is 1. The quantitative estimate of drug-likeness (QED) is 0.790. The number of carbonyl (C=O) groups excluding carboxylic acids is 1. The summed E-state index contributed by atoms with van der Waals surface area (Å²) >= 11 is 0. The number of ether oxygens (including phenoxy) is 1. The van der Waals surface area contributed by atoms with E-state index in [2.05, 4.69) is 22.5 Å². The second-order valence-electron chi connectivity index (χ2n) is 4.80. The molecule has 1 aromatic heterocycles. The fraction of sp³-hybridized carbons (Fsp3) is 0.692. The average Bonchev–Trinajstić information content (AvgIpc) is 2.88. The fourth-order valence-electron chi connectivity index (χ4n) is 2.26. The van der Waals surface area contributed by atoms with Crippen LogP contribution in [0.3, 0.4) is 0 Å². The van der Waals surface area contributed by atoms with Crippen molar-refractivity contribution in [1.29, 1.82) is 0 Å². The van der Waals surface area contributed by atoms with E-state index in [1.165, 1.54) is 19.1 Å². The van der Waals surface area contributed by atoms with Gasteiger partial charge in [0.2, 0.25) is 0 Å². The fourth-order valence-corrected chi connectivity index (χ4v) is 2.26. The lowest BCUT2D eigenvalue weighted by Gasteiger charge is -2.28. The lowest BCUT2D eigenvalue weighted by atomic mass is 9.93. The van der Waals surface area contributed by atoms with E-state index in [1.807, 2.05) is 0 Å². The average molecular weight is 267 g/mol. The van der Waals surface area contributed by atoms with Crippen molar-refractivity contribution >= 4 is 12.0 Å². The third-order valence-corrected chi connectivity index (χ3v) is 3.38. The van der Waals surface area contributed by atoms with Gasteiger partial charge in [0.1, 0.15) is 6.26 Å². The third kappa shape index (κ3) is 3.70. The minimum Gasteiger partial charge on any atom is -0.461 e. The number of esters is 1. The van der Waals surface area contributed by atoms with E-state index in [4.69, 9.17) is 9.15 Å². The van der Waals surface area contributed by atoms with Gasteiger partial charge in [-0.25, -0.2) is 4.79 Å². The molecule has 0 amide bonds. The summed E-state index contributed by atoms with van der Waals surface area (Å²) in [5.74, 6) is 0.0954. The lowest BCUT2D eigenvalue weighted by Crippen LogP contribution is -2.38. The molecule has 6 nitrogen and oxygen atoms in total. The number of aromatic nitrogens is 1. The highest BCUT2D eigenvalue weighted by Crippen LogP contribution is 2.18. The van der Waals surface area contributed by atoms with Gasteiger partial charge >= 0.3 is 5.97 Å². The SMILES string of the molecule is CCOC(=O)c1coc(NC(C)C2CCCNC2)n1. The van der Waals surface area contributed by atoms with Crippen molar-refractivity contribution in [1.82, 2.24) is 10.3 Å². The number of nitrogens with zero attached hydrogens (tertiary/aromatic N) is 1. The van der Waals surface area contributed by atoms with E-state index in [9.17, 15) is 4.79 Å². The van der Waals surface area contributed by atoms with Crippen LogP contribution < -0.4 is 10.6 Å². The predicted molar refractivity (Wildman–Crippen MR) is 71.1 cm³/mol. The van der Waals surface area contributed by atoms with Crippen LogP contribution in [0.2, 0.25) is 0 Å². The standard InChI is InChI=1S/C13H21N3O3/c1-3-18-12(17)11-8-19-13(16-11)15-9(2)10-5-4-6-14-7-10/h8-10,14H,3-7H2,1-2H3,(H,15,16). The Balaban J connectivity index is 1.90. The van der Waals surface area contributed by atoms with Gasteiger partial charge in [0.25, 0.3) is 6.01 Å². The van der Waals surface area contributed by atoms with Gasteiger partial charge in [-0.1, -0.05) is 0 Å². The molecule has 106 valence electrons. The van der Waals surface area contributed by atoms with Crippen molar-refractivity contribution in [2.24, 2.45) is 5.92 Å². The number of nitrogens with one attached hydrogen (secondary N) is 2. The van der Waals surface area contributed by atoms with Crippen LogP contribution in [0, 0.1) is 5.92 Å². The molecule has 0 spiro atoms. The first-order valence-corrected chi connectivity index (χ1v) is 6.80. The second kappa shape index (κ2) is 6.56. The van der Waals surface area contributed by atoms with Crippen LogP contribution in [0.1, 0.15) is 37.2 Å². The molecule has 1 aliphatic rings. The molecular weight excluding hydrogens is 246 g/mol. The van der Waals surface area contributed by atoms with E-state index < -0.39 is 5.97 Å². The van der Waals surface area contributed by atoms with E-state index in [-0.39, 0.29) is 11.7 Å². The summed E-state index contributed by atoms with van der Waals surface area (Å²) in [5.41, 5.74) is 0.207. The molecular formula is C13H21N3O3. The summed E-state index contributed by atoms with van der Waals surface area (Å²) in [7, 11) is 0. The molecule has 2 atom stereocenters. The number of hydrogen-bond donors (Lipinski definition) is 2.